The second-order valence-corrected chi connectivity index (χ2v) is 8.34. The molecule has 1 nitrogen and oxygen atoms in total. The predicted molar refractivity (Wildman–Crippen MR) is 94.5 cm³/mol. The summed E-state index contributed by atoms with van der Waals surface area (Å²) in [6, 6.07) is 4.67. The first-order valence-electron chi connectivity index (χ1n) is 8.67. The van der Waals surface area contributed by atoms with Crippen LogP contribution in [0.4, 0.5) is 0 Å². The van der Waals surface area contributed by atoms with E-state index < -0.39 is 0 Å². The van der Waals surface area contributed by atoms with E-state index in [9.17, 15) is 0 Å². The molecule has 2 aliphatic carbocycles. The number of methoxy groups -OCH3 is 1. The number of benzene rings is 1. The minimum absolute atomic E-state index is 0.302. The van der Waals surface area contributed by atoms with Gasteiger partial charge in [0.15, 0.2) is 0 Å². The van der Waals surface area contributed by atoms with E-state index in [1.807, 2.05) is 0 Å². The summed E-state index contributed by atoms with van der Waals surface area (Å²) in [5, 5.41) is 0. The molecule has 0 unspecified atom stereocenters. The Bertz CT molecular complexity index is 611. The normalized spacial score (nSPS) is 29.4. The SMILES string of the molecule is C=C(C)c1cc2c(cc1OC)[C@@]1(C)CCCC(C)(C)[C@@H]1CC2. The molecule has 0 saturated heterocycles. The Hall–Kier alpha value is -1.24. The number of allylic oxidation sites excluding steroid dienone is 1. The Kier molecular flexibility index (Phi) is 3.66. The molecule has 0 spiro atoms. The summed E-state index contributed by atoms with van der Waals surface area (Å²) >= 11 is 0. The van der Waals surface area contributed by atoms with Gasteiger partial charge in [-0.1, -0.05) is 33.8 Å². The van der Waals surface area contributed by atoms with Crippen LogP contribution in [0.1, 0.15) is 70.1 Å². The van der Waals surface area contributed by atoms with Crippen LogP contribution in [0.3, 0.4) is 0 Å². The molecule has 0 amide bonds. The Morgan fingerprint density at radius 1 is 1.23 bits per heavy atom. The van der Waals surface area contributed by atoms with Crippen molar-refractivity contribution in [1.82, 2.24) is 0 Å². The highest BCUT2D eigenvalue weighted by Crippen LogP contribution is 2.57. The van der Waals surface area contributed by atoms with Crippen LogP contribution in [0, 0.1) is 11.3 Å². The first-order chi connectivity index (χ1) is 10.3. The fourth-order valence-corrected chi connectivity index (χ4v) is 5.32. The third-order valence-electron chi connectivity index (χ3n) is 6.43. The summed E-state index contributed by atoms with van der Waals surface area (Å²) in [6.45, 7) is 13.6. The monoisotopic (exact) mass is 298 g/mol. The van der Waals surface area contributed by atoms with Crippen LogP contribution in [0.5, 0.6) is 5.75 Å². The van der Waals surface area contributed by atoms with Crippen LogP contribution < -0.4 is 4.74 Å². The van der Waals surface area contributed by atoms with Crippen molar-refractivity contribution in [2.45, 2.75) is 65.2 Å². The lowest BCUT2D eigenvalue weighted by molar-refractivity contribution is 0.0406. The van der Waals surface area contributed by atoms with Crippen LogP contribution in [-0.2, 0) is 11.8 Å². The minimum Gasteiger partial charge on any atom is -0.496 e. The van der Waals surface area contributed by atoms with Crippen LogP contribution >= 0.6 is 0 Å². The molecule has 0 heterocycles. The summed E-state index contributed by atoms with van der Waals surface area (Å²) in [5.74, 6) is 1.78. The standard InChI is InChI=1S/C21H30O/c1-14(2)16-12-15-8-9-19-20(3,4)10-7-11-21(19,5)17(15)13-18(16)22-6/h12-13,19H,1,7-11H2,2-6H3/t19-,21+/m0/s1. The Labute approximate surface area is 135 Å². The number of hydrogen-bond acceptors (Lipinski definition) is 1. The molecule has 22 heavy (non-hydrogen) atoms. The van der Waals surface area contributed by atoms with Crippen molar-refractivity contribution in [3.8, 4) is 5.75 Å². The van der Waals surface area contributed by atoms with Crippen molar-refractivity contribution in [2.75, 3.05) is 7.11 Å². The van der Waals surface area contributed by atoms with Gasteiger partial charge in [-0.15, -0.1) is 0 Å². The van der Waals surface area contributed by atoms with E-state index in [2.05, 4.69) is 46.4 Å². The van der Waals surface area contributed by atoms with Crippen molar-refractivity contribution >= 4 is 5.57 Å². The highest BCUT2D eigenvalue weighted by molar-refractivity contribution is 5.69. The predicted octanol–water partition coefficient (Wildman–Crippen LogP) is 5.76. The molecule has 0 aliphatic heterocycles. The summed E-state index contributed by atoms with van der Waals surface area (Å²) < 4.78 is 5.69. The van der Waals surface area contributed by atoms with Gasteiger partial charge in [0.1, 0.15) is 5.75 Å². The van der Waals surface area contributed by atoms with E-state index in [-0.39, 0.29) is 0 Å². The fraction of sp³-hybridized carbons (Fsp3) is 0.619. The molecule has 1 aromatic rings. The molecule has 2 atom stereocenters. The molecular weight excluding hydrogens is 268 g/mol. The maximum Gasteiger partial charge on any atom is 0.126 e. The number of rotatable bonds is 2. The van der Waals surface area contributed by atoms with Gasteiger partial charge in [-0.05, 0) is 78.2 Å². The summed E-state index contributed by atoms with van der Waals surface area (Å²) in [5.41, 5.74) is 6.09. The number of hydrogen-bond donors (Lipinski definition) is 0. The number of ether oxygens (including phenoxy) is 1. The molecule has 1 aromatic carbocycles. The summed E-state index contributed by atoms with van der Waals surface area (Å²) in [6.07, 6.45) is 6.53. The van der Waals surface area contributed by atoms with Crippen molar-refractivity contribution in [2.24, 2.45) is 11.3 Å². The van der Waals surface area contributed by atoms with Gasteiger partial charge in [-0.3, -0.25) is 0 Å². The van der Waals surface area contributed by atoms with Crippen LogP contribution in [-0.4, -0.2) is 7.11 Å². The molecule has 0 bridgehead atoms. The zero-order valence-corrected chi connectivity index (χ0v) is 14.9. The van der Waals surface area contributed by atoms with E-state index >= 15 is 0 Å². The Morgan fingerprint density at radius 3 is 2.59 bits per heavy atom. The largest absolute Gasteiger partial charge is 0.496 e. The Morgan fingerprint density at radius 2 is 1.95 bits per heavy atom. The highest BCUT2D eigenvalue weighted by Gasteiger charge is 2.49. The van der Waals surface area contributed by atoms with Gasteiger partial charge in [0.2, 0.25) is 0 Å². The van der Waals surface area contributed by atoms with Crippen molar-refractivity contribution < 1.29 is 4.74 Å². The van der Waals surface area contributed by atoms with Gasteiger partial charge >= 0.3 is 0 Å². The van der Waals surface area contributed by atoms with Crippen molar-refractivity contribution in [3.05, 3.63) is 35.4 Å². The minimum atomic E-state index is 0.302. The van der Waals surface area contributed by atoms with Gasteiger partial charge < -0.3 is 4.74 Å². The lowest BCUT2D eigenvalue weighted by atomic mass is 9.50. The van der Waals surface area contributed by atoms with E-state index in [4.69, 9.17) is 4.74 Å². The van der Waals surface area contributed by atoms with Gasteiger partial charge in [0.25, 0.3) is 0 Å². The second kappa shape index (κ2) is 5.15. The molecule has 1 fully saturated rings. The van der Waals surface area contributed by atoms with Gasteiger partial charge in [-0.25, -0.2) is 0 Å². The fourth-order valence-electron chi connectivity index (χ4n) is 5.32. The average Bonchev–Trinajstić information content (AvgIpc) is 2.45. The van der Waals surface area contributed by atoms with Crippen LogP contribution in [0.25, 0.3) is 5.57 Å². The van der Waals surface area contributed by atoms with Gasteiger partial charge in [-0.2, -0.15) is 0 Å². The van der Waals surface area contributed by atoms with Crippen LogP contribution in [0.2, 0.25) is 0 Å². The molecule has 0 N–H and O–H groups in total. The second-order valence-electron chi connectivity index (χ2n) is 8.34. The van der Waals surface area contributed by atoms with E-state index in [1.54, 1.807) is 12.7 Å². The molecule has 3 rings (SSSR count). The number of fused-ring (bicyclic) bond motifs is 3. The van der Waals surface area contributed by atoms with Crippen molar-refractivity contribution in [1.29, 1.82) is 0 Å². The third kappa shape index (κ3) is 2.21. The maximum absolute atomic E-state index is 5.69. The number of aryl methyl sites for hydroxylation is 1. The average molecular weight is 298 g/mol. The molecular formula is C21H30O. The smallest absolute Gasteiger partial charge is 0.126 e. The molecule has 1 saturated carbocycles. The van der Waals surface area contributed by atoms with Crippen LogP contribution in [0.15, 0.2) is 18.7 Å². The summed E-state index contributed by atoms with van der Waals surface area (Å²) in [7, 11) is 1.78. The molecule has 1 heteroatoms. The van der Waals surface area contributed by atoms with Gasteiger partial charge in [0, 0.05) is 5.56 Å². The first-order valence-corrected chi connectivity index (χ1v) is 8.67. The maximum atomic E-state index is 5.69. The van der Waals surface area contributed by atoms with E-state index in [1.165, 1.54) is 43.2 Å². The van der Waals surface area contributed by atoms with E-state index in [0.717, 1.165) is 17.2 Å². The zero-order valence-electron chi connectivity index (χ0n) is 14.9. The molecule has 0 radical (unpaired) electrons. The highest BCUT2D eigenvalue weighted by atomic mass is 16.5. The molecule has 0 aromatic heterocycles. The molecule has 120 valence electrons. The van der Waals surface area contributed by atoms with Crippen molar-refractivity contribution in [3.63, 3.8) is 0 Å². The van der Waals surface area contributed by atoms with Gasteiger partial charge in [0.05, 0.1) is 7.11 Å². The summed E-state index contributed by atoms with van der Waals surface area (Å²) in [4.78, 5) is 0. The lowest BCUT2D eigenvalue weighted by Gasteiger charge is -2.54. The Balaban J connectivity index is 2.16. The van der Waals surface area contributed by atoms with E-state index in [0.29, 0.717) is 10.8 Å². The first kappa shape index (κ1) is 15.6. The zero-order chi connectivity index (χ0) is 16.1. The molecule has 2 aliphatic rings. The topological polar surface area (TPSA) is 9.23 Å². The lowest BCUT2D eigenvalue weighted by Crippen LogP contribution is -2.47. The quantitative estimate of drug-likeness (QED) is 0.674. The third-order valence-corrected chi connectivity index (χ3v) is 6.43.